The van der Waals surface area contributed by atoms with E-state index >= 15 is 0 Å². The van der Waals surface area contributed by atoms with E-state index in [1.807, 2.05) is 0 Å². The van der Waals surface area contributed by atoms with Crippen LogP contribution in [0.1, 0.15) is 0 Å². The molecule has 1 unspecified atom stereocenters. The fraction of sp³-hybridized carbons (Fsp3) is 1.00. The van der Waals surface area contributed by atoms with Crippen LogP contribution >= 0.6 is 55.1 Å². The van der Waals surface area contributed by atoms with Gasteiger partial charge in [-0.3, -0.25) is 0 Å². The van der Waals surface area contributed by atoms with Gasteiger partial charge in [-0.2, -0.15) is 0 Å². The number of alkyl halides is 4. The minimum atomic E-state index is -0.765. The van der Waals surface area contributed by atoms with Crippen molar-refractivity contribution in [1.29, 1.82) is 0 Å². The molecule has 50 valence electrons. The Morgan fingerprint density at radius 3 is 1.62 bits per heavy atom. The lowest BCUT2D eigenvalue weighted by Crippen LogP contribution is -2.22. The van der Waals surface area contributed by atoms with E-state index in [1.165, 1.54) is 0 Å². The molecule has 0 aliphatic carbocycles. The van der Waals surface area contributed by atoms with Gasteiger partial charge >= 0.3 is 0 Å². The third-order valence-corrected chi connectivity index (χ3v) is 2.12. The van der Waals surface area contributed by atoms with Crippen LogP contribution < -0.4 is 0 Å². The first-order valence-electron chi connectivity index (χ1n) is 1.80. The maximum Gasteiger partial charge on any atom is 0.135 e. The summed E-state index contributed by atoms with van der Waals surface area (Å²) in [6, 6.07) is 0. The predicted molar refractivity (Wildman–Crippen MR) is 43.1 cm³/mol. The first-order valence-corrected chi connectivity index (χ1v) is 4.50. The molecule has 5 heteroatoms. The molecular formula is C3H4Br2Cl2O. The van der Waals surface area contributed by atoms with E-state index in [0.717, 1.165) is 0 Å². The minimum absolute atomic E-state index is 0.241. The first kappa shape index (κ1) is 9.50. The Bertz CT molecular complexity index is 60.3. The maximum atomic E-state index is 8.85. The molecule has 0 heterocycles. The second-order valence-electron chi connectivity index (χ2n) is 1.16. The highest BCUT2D eigenvalue weighted by Crippen LogP contribution is 2.20. The lowest BCUT2D eigenvalue weighted by molar-refractivity contribution is 0.209. The molecule has 0 bridgehead atoms. The Morgan fingerprint density at radius 2 is 1.62 bits per heavy atom. The summed E-state index contributed by atoms with van der Waals surface area (Å²) in [5, 5.41) is 8.85. The Hall–Kier alpha value is 1.50. The summed E-state index contributed by atoms with van der Waals surface area (Å²) in [6.45, 7) is 0. The second-order valence-corrected chi connectivity index (χ2v) is 5.53. The smallest absolute Gasteiger partial charge is 0.135 e. The van der Waals surface area contributed by atoms with Crippen molar-refractivity contribution in [3.63, 3.8) is 0 Å². The normalized spacial score (nSPS) is 15.4. The van der Waals surface area contributed by atoms with Crippen molar-refractivity contribution in [3.8, 4) is 0 Å². The average molecular weight is 287 g/mol. The van der Waals surface area contributed by atoms with Crippen molar-refractivity contribution in [2.75, 3.05) is 0 Å². The number of aliphatic hydroxyl groups is 1. The van der Waals surface area contributed by atoms with Gasteiger partial charge in [0.05, 0.1) is 3.74 Å². The Morgan fingerprint density at radius 1 is 1.25 bits per heavy atom. The van der Waals surface area contributed by atoms with Gasteiger partial charge in [0.1, 0.15) is 10.9 Å². The van der Waals surface area contributed by atoms with Crippen molar-refractivity contribution in [2.24, 2.45) is 0 Å². The summed E-state index contributed by atoms with van der Waals surface area (Å²) in [7, 11) is 0. The monoisotopic (exact) mass is 284 g/mol. The van der Waals surface area contributed by atoms with Crippen LogP contribution in [0.4, 0.5) is 0 Å². The number of halogens is 4. The summed E-state index contributed by atoms with van der Waals surface area (Å²) in [6.07, 6.45) is -0.765. The highest BCUT2D eigenvalue weighted by atomic mass is 79.9. The predicted octanol–water partition coefficient (Wildman–Crippen LogP) is 2.27. The molecule has 0 fully saturated rings. The lowest BCUT2D eigenvalue weighted by atomic mass is 10.5. The molecule has 0 saturated heterocycles. The molecular weight excluding hydrogens is 283 g/mol. The van der Waals surface area contributed by atoms with E-state index in [-0.39, 0.29) is 3.74 Å². The van der Waals surface area contributed by atoms with Crippen LogP contribution in [0.25, 0.3) is 0 Å². The molecule has 0 aliphatic heterocycles. The van der Waals surface area contributed by atoms with Gasteiger partial charge in [0.15, 0.2) is 0 Å². The maximum absolute atomic E-state index is 8.85. The van der Waals surface area contributed by atoms with Crippen LogP contribution in [0.5, 0.6) is 0 Å². The largest absolute Gasteiger partial charge is 0.388 e. The number of hydrogen-bond donors (Lipinski definition) is 1. The highest BCUT2D eigenvalue weighted by Gasteiger charge is 2.19. The van der Waals surface area contributed by atoms with Gasteiger partial charge < -0.3 is 5.11 Å². The number of rotatable bonds is 2. The van der Waals surface area contributed by atoms with E-state index in [1.54, 1.807) is 0 Å². The fourth-order valence-corrected chi connectivity index (χ4v) is 1.71. The summed E-state index contributed by atoms with van der Waals surface area (Å²) in [5.74, 6) is 0. The van der Waals surface area contributed by atoms with Gasteiger partial charge in [-0.1, -0.05) is 31.9 Å². The topological polar surface area (TPSA) is 20.2 Å². The zero-order chi connectivity index (χ0) is 6.73. The van der Waals surface area contributed by atoms with Crippen molar-refractivity contribution < 1.29 is 5.11 Å². The van der Waals surface area contributed by atoms with Crippen LogP contribution in [0.3, 0.4) is 0 Å². The van der Waals surface area contributed by atoms with Crippen molar-refractivity contribution in [2.45, 2.75) is 14.7 Å². The van der Waals surface area contributed by atoms with Crippen molar-refractivity contribution >= 4 is 55.1 Å². The molecule has 0 aromatic heterocycles. The van der Waals surface area contributed by atoms with Crippen molar-refractivity contribution in [3.05, 3.63) is 0 Å². The van der Waals surface area contributed by atoms with Crippen LogP contribution in [-0.2, 0) is 0 Å². The summed E-state index contributed by atoms with van der Waals surface area (Å²) >= 11 is 16.6. The summed E-state index contributed by atoms with van der Waals surface area (Å²) < 4.78 is -0.241. The molecule has 0 aliphatic rings. The quantitative estimate of drug-likeness (QED) is 0.772. The molecule has 0 saturated carbocycles. The minimum Gasteiger partial charge on any atom is -0.388 e. The Balaban J connectivity index is 3.46. The zero-order valence-corrected chi connectivity index (χ0v) is 8.37. The van der Waals surface area contributed by atoms with Crippen LogP contribution in [0.2, 0.25) is 0 Å². The standard InChI is InChI=1S/C3H4Br2Cl2O/c4-2(5)1(8)3(6)7/h1-3,8H. The van der Waals surface area contributed by atoms with Gasteiger partial charge in [0.25, 0.3) is 0 Å². The number of hydrogen-bond acceptors (Lipinski definition) is 1. The molecule has 1 N–H and O–H groups in total. The fourth-order valence-electron chi connectivity index (χ4n) is 0.110. The van der Waals surface area contributed by atoms with E-state index in [4.69, 9.17) is 28.3 Å². The molecule has 0 amide bonds. The average Bonchev–Trinajstić information content (AvgIpc) is 1.64. The van der Waals surface area contributed by atoms with E-state index in [9.17, 15) is 0 Å². The van der Waals surface area contributed by atoms with Gasteiger partial charge in [0, 0.05) is 0 Å². The van der Waals surface area contributed by atoms with E-state index in [2.05, 4.69) is 31.9 Å². The molecule has 0 aromatic rings. The molecule has 0 rings (SSSR count). The molecule has 0 spiro atoms. The molecule has 8 heavy (non-hydrogen) atoms. The zero-order valence-electron chi connectivity index (χ0n) is 3.69. The summed E-state index contributed by atoms with van der Waals surface area (Å²) in [4.78, 5) is -0.751. The van der Waals surface area contributed by atoms with E-state index in [0.29, 0.717) is 0 Å². The van der Waals surface area contributed by atoms with Gasteiger partial charge in [-0.15, -0.1) is 23.2 Å². The van der Waals surface area contributed by atoms with Crippen LogP contribution in [-0.4, -0.2) is 19.8 Å². The van der Waals surface area contributed by atoms with Crippen molar-refractivity contribution in [1.82, 2.24) is 0 Å². The molecule has 0 radical (unpaired) electrons. The lowest BCUT2D eigenvalue weighted by Gasteiger charge is -2.10. The van der Waals surface area contributed by atoms with Crippen LogP contribution in [0.15, 0.2) is 0 Å². The SMILES string of the molecule is OC(C(Cl)Cl)C(Br)Br. The van der Waals surface area contributed by atoms with Gasteiger partial charge in [-0.05, 0) is 0 Å². The van der Waals surface area contributed by atoms with Crippen LogP contribution in [0, 0.1) is 0 Å². The molecule has 1 nitrogen and oxygen atoms in total. The summed E-state index contributed by atoms with van der Waals surface area (Å²) in [5.41, 5.74) is 0. The molecule has 1 atom stereocenters. The number of aliphatic hydroxyl groups excluding tert-OH is 1. The Labute approximate surface area is 74.6 Å². The third-order valence-electron chi connectivity index (χ3n) is 0.516. The van der Waals surface area contributed by atoms with E-state index < -0.39 is 10.9 Å². The van der Waals surface area contributed by atoms with Gasteiger partial charge in [0.2, 0.25) is 0 Å². The first-order chi connectivity index (χ1) is 3.55. The molecule has 0 aromatic carbocycles. The Kier molecular flexibility index (Phi) is 5.15. The third kappa shape index (κ3) is 3.51. The van der Waals surface area contributed by atoms with Gasteiger partial charge in [-0.25, -0.2) is 0 Å². The highest BCUT2D eigenvalue weighted by molar-refractivity contribution is 9.24. The second kappa shape index (κ2) is 4.34.